The highest BCUT2D eigenvalue weighted by molar-refractivity contribution is 7.17. The van der Waals surface area contributed by atoms with E-state index in [1.807, 2.05) is 18.2 Å². The summed E-state index contributed by atoms with van der Waals surface area (Å²) in [7, 11) is 0. The second kappa shape index (κ2) is 9.11. The third kappa shape index (κ3) is 5.16. The van der Waals surface area contributed by atoms with Crippen molar-refractivity contribution in [3.63, 3.8) is 0 Å². The molecule has 0 atom stereocenters. The summed E-state index contributed by atoms with van der Waals surface area (Å²) in [5.74, 6) is -0.986. The van der Waals surface area contributed by atoms with Gasteiger partial charge >= 0.3 is 6.61 Å². The lowest BCUT2D eigenvalue weighted by atomic mass is 10.2. The Bertz CT molecular complexity index is 1070. The first kappa shape index (κ1) is 20.9. The van der Waals surface area contributed by atoms with Crippen molar-refractivity contribution in [2.45, 2.75) is 13.5 Å². The van der Waals surface area contributed by atoms with Crippen LogP contribution in [0.1, 0.15) is 20.9 Å². The summed E-state index contributed by atoms with van der Waals surface area (Å²) >= 11 is 7.43. The predicted molar refractivity (Wildman–Crippen MR) is 109 cm³/mol. The maximum absolute atomic E-state index is 12.5. The molecular formula is C20H15ClF2N2O3S. The van der Waals surface area contributed by atoms with E-state index in [0.717, 1.165) is 5.56 Å². The molecular weight excluding hydrogens is 422 g/mol. The molecule has 29 heavy (non-hydrogen) atoms. The van der Waals surface area contributed by atoms with Crippen LogP contribution in [0.15, 0.2) is 47.5 Å². The van der Waals surface area contributed by atoms with Gasteiger partial charge in [0.25, 0.3) is 0 Å². The van der Waals surface area contributed by atoms with Gasteiger partial charge in [-0.25, -0.2) is 4.98 Å². The predicted octanol–water partition coefficient (Wildman–Crippen LogP) is 5.38. The first-order valence-corrected chi connectivity index (χ1v) is 9.57. The molecule has 0 bridgehead atoms. The monoisotopic (exact) mass is 436 g/mol. The van der Waals surface area contributed by atoms with Gasteiger partial charge in [-0.05, 0) is 36.8 Å². The number of ether oxygens (including phenoxy) is 1. The number of aromatic nitrogens is 1. The third-order valence-electron chi connectivity index (χ3n) is 3.83. The Morgan fingerprint density at radius 3 is 2.79 bits per heavy atom. The Morgan fingerprint density at radius 2 is 2.10 bits per heavy atom. The van der Waals surface area contributed by atoms with Gasteiger partial charge in [0, 0.05) is 11.8 Å². The Balaban J connectivity index is 1.70. The van der Waals surface area contributed by atoms with Crippen molar-refractivity contribution in [3.05, 3.63) is 63.6 Å². The average Bonchev–Trinajstić information content (AvgIpc) is 3.05. The molecule has 0 fully saturated rings. The van der Waals surface area contributed by atoms with E-state index in [1.165, 1.54) is 35.8 Å². The Morgan fingerprint density at radius 1 is 1.34 bits per heavy atom. The molecule has 1 aromatic heterocycles. The van der Waals surface area contributed by atoms with Crippen molar-refractivity contribution in [2.75, 3.05) is 6.54 Å². The molecule has 1 N–H and O–H groups in total. The number of Topliss-reactive ketones (excluding diaryl/α,β-unsaturated/α-hetero) is 1. The van der Waals surface area contributed by atoms with Gasteiger partial charge in [-0.15, -0.1) is 11.3 Å². The lowest BCUT2D eigenvalue weighted by Gasteiger charge is -2.06. The second-order valence-electron chi connectivity index (χ2n) is 5.91. The fraction of sp³-hybridized carbons (Fsp3) is 0.150. The summed E-state index contributed by atoms with van der Waals surface area (Å²) in [5.41, 5.74) is 1.79. The molecule has 2 aromatic carbocycles. The van der Waals surface area contributed by atoms with Gasteiger partial charge in [0.05, 0.1) is 15.6 Å². The minimum Gasteiger partial charge on any atom is -0.504 e. The number of hydrogen-bond acceptors (Lipinski definition) is 6. The van der Waals surface area contributed by atoms with E-state index >= 15 is 0 Å². The molecule has 0 spiro atoms. The number of phenolic OH excluding ortho intramolecular Hbond substituents is 1. The van der Waals surface area contributed by atoms with Crippen LogP contribution < -0.4 is 4.74 Å². The van der Waals surface area contributed by atoms with E-state index in [1.54, 1.807) is 13.0 Å². The number of aromatic hydroxyl groups is 1. The number of carbonyl (C=O) groups excluding carboxylic acids is 1. The zero-order chi connectivity index (χ0) is 21.0. The molecule has 0 saturated carbocycles. The topological polar surface area (TPSA) is 71.8 Å². The van der Waals surface area contributed by atoms with Crippen LogP contribution in [0.5, 0.6) is 11.5 Å². The summed E-state index contributed by atoms with van der Waals surface area (Å²) in [5, 5.41) is 10.9. The van der Waals surface area contributed by atoms with E-state index in [-0.39, 0.29) is 18.1 Å². The van der Waals surface area contributed by atoms with Gasteiger partial charge in [0.15, 0.2) is 17.3 Å². The molecule has 0 unspecified atom stereocenters. The molecule has 0 saturated heterocycles. The van der Waals surface area contributed by atoms with Gasteiger partial charge < -0.3 is 9.84 Å². The maximum Gasteiger partial charge on any atom is 0.387 e. The van der Waals surface area contributed by atoms with Crippen LogP contribution in [0.4, 0.5) is 8.78 Å². The number of carbonyl (C=O) groups is 1. The summed E-state index contributed by atoms with van der Waals surface area (Å²) in [6.07, 6.45) is 1.37. The highest BCUT2D eigenvalue weighted by Crippen LogP contribution is 2.33. The third-order valence-corrected chi connectivity index (χ3v) is 5.39. The number of halogens is 3. The molecule has 0 aliphatic rings. The van der Waals surface area contributed by atoms with Crippen molar-refractivity contribution in [3.8, 4) is 22.1 Å². The first-order chi connectivity index (χ1) is 13.8. The SMILES string of the molecule is Cc1nc(-c2ccccc2Cl)sc1C(=O)CN=Cc1ccc(OC(F)F)c(O)c1. The Hall–Kier alpha value is -2.84. The molecule has 0 aliphatic heterocycles. The normalized spacial score (nSPS) is 11.3. The van der Waals surface area contributed by atoms with Gasteiger partial charge in [-0.1, -0.05) is 29.8 Å². The van der Waals surface area contributed by atoms with Gasteiger partial charge in [-0.3, -0.25) is 9.79 Å². The highest BCUT2D eigenvalue weighted by Gasteiger charge is 2.17. The van der Waals surface area contributed by atoms with Crippen molar-refractivity contribution in [1.29, 1.82) is 0 Å². The molecule has 0 aliphatic carbocycles. The fourth-order valence-electron chi connectivity index (χ4n) is 2.52. The number of thiazole rings is 1. The Labute approximate surface area is 174 Å². The minimum atomic E-state index is -3.03. The number of nitrogens with zero attached hydrogens (tertiary/aromatic N) is 2. The molecule has 0 amide bonds. The van der Waals surface area contributed by atoms with Crippen molar-refractivity contribution < 1.29 is 23.4 Å². The summed E-state index contributed by atoms with van der Waals surface area (Å²) in [6, 6.07) is 11.1. The van der Waals surface area contributed by atoms with Crippen molar-refractivity contribution in [1.82, 2.24) is 4.98 Å². The van der Waals surface area contributed by atoms with Crippen LogP contribution in [0, 0.1) is 6.92 Å². The molecule has 3 aromatic rings. The number of benzene rings is 2. The number of aryl methyl sites for hydroxylation is 1. The smallest absolute Gasteiger partial charge is 0.387 e. The second-order valence-corrected chi connectivity index (χ2v) is 7.32. The molecule has 3 rings (SSSR count). The molecule has 150 valence electrons. The number of phenols is 1. The summed E-state index contributed by atoms with van der Waals surface area (Å²) < 4.78 is 28.6. The van der Waals surface area contributed by atoms with E-state index in [9.17, 15) is 18.7 Å². The van der Waals surface area contributed by atoms with Gasteiger partial charge in [0.2, 0.25) is 0 Å². The van der Waals surface area contributed by atoms with Crippen LogP contribution >= 0.6 is 22.9 Å². The van der Waals surface area contributed by atoms with Crippen LogP contribution in [0.2, 0.25) is 5.02 Å². The first-order valence-electron chi connectivity index (χ1n) is 8.38. The minimum absolute atomic E-state index is 0.124. The van der Waals surface area contributed by atoms with Crippen LogP contribution in [0.3, 0.4) is 0 Å². The Kier molecular flexibility index (Phi) is 6.56. The molecule has 0 radical (unpaired) electrons. The number of hydrogen-bond donors (Lipinski definition) is 1. The zero-order valence-corrected chi connectivity index (χ0v) is 16.7. The molecule has 5 nitrogen and oxygen atoms in total. The number of rotatable bonds is 7. The summed E-state index contributed by atoms with van der Waals surface area (Å²) in [6.45, 7) is -1.41. The van der Waals surface area contributed by atoms with E-state index in [4.69, 9.17) is 11.6 Å². The zero-order valence-electron chi connectivity index (χ0n) is 15.1. The van der Waals surface area contributed by atoms with Gasteiger partial charge in [0.1, 0.15) is 11.6 Å². The number of aliphatic imine (C=N–C) groups is 1. The van der Waals surface area contributed by atoms with E-state index in [2.05, 4.69) is 14.7 Å². The maximum atomic E-state index is 12.5. The van der Waals surface area contributed by atoms with Crippen LogP contribution in [-0.4, -0.2) is 35.2 Å². The van der Waals surface area contributed by atoms with Crippen molar-refractivity contribution in [2.24, 2.45) is 4.99 Å². The molecule has 9 heteroatoms. The quantitative estimate of drug-likeness (QED) is 0.398. The molecule has 1 heterocycles. The lowest BCUT2D eigenvalue weighted by Crippen LogP contribution is -2.03. The van der Waals surface area contributed by atoms with Crippen LogP contribution in [0.25, 0.3) is 10.6 Å². The van der Waals surface area contributed by atoms with E-state index in [0.29, 0.717) is 26.2 Å². The fourth-order valence-corrected chi connectivity index (χ4v) is 3.84. The largest absolute Gasteiger partial charge is 0.504 e. The average molecular weight is 437 g/mol. The number of alkyl halides is 2. The van der Waals surface area contributed by atoms with Gasteiger partial charge in [-0.2, -0.15) is 8.78 Å². The summed E-state index contributed by atoms with van der Waals surface area (Å²) in [4.78, 5) is 21.5. The standard InChI is InChI=1S/C20H15ClF2N2O3S/c1-11-18(29-19(25-11)13-4-2-3-5-14(13)21)16(27)10-24-9-12-6-7-17(15(26)8-12)28-20(22)23/h2-9,20,26H,10H2,1H3. The van der Waals surface area contributed by atoms with Crippen molar-refractivity contribution >= 4 is 34.9 Å². The number of ketones is 1. The van der Waals surface area contributed by atoms with Crippen LogP contribution in [-0.2, 0) is 0 Å². The van der Waals surface area contributed by atoms with E-state index < -0.39 is 12.4 Å². The lowest BCUT2D eigenvalue weighted by molar-refractivity contribution is -0.0512. The highest BCUT2D eigenvalue weighted by atomic mass is 35.5.